The topological polar surface area (TPSA) is 54.0 Å². The maximum atomic E-state index is 12.5. The molecule has 6 heteroatoms. The van der Waals surface area contributed by atoms with Crippen molar-refractivity contribution in [1.82, 2.24) is 15.1 Å². The minimum atomic E-state index is 0.193. The second-order valence-electron chi connectivity index (χ2n) is 6.73. The van der Waals surface area contributed by atoms with E-state index in [-0.39, 0.29) is 18.1 Å². The highest BCUT2D eigenvalue weighted by Crippen LogP contribution is 2.28. The molecule has 1 N–H and O–H groups in total. The fourth-order valence-corrected chi connectivity index (χ4v) is 3.84. The third-order valence-electron chi connectivity index (χ3n) is 5.04. The molecule has 3 atom stereocenters. The average molecular weight is 311 g/mol. The van der Waals surface area contributed by atoms with Crippen LogP contribution in [0.25, 0.3) is 0 Å². The van der Waals surface area contributed by atoms with Gasteiger partial charge in [-0.15, -0.1) is 0 Å². The molecular weight excluding hydrogens is 282 g/mol. The van der Waals surface area contributed by atoms with E-state index in [4.69, 9.17) is 9.47 Å². The van der Waals surface area contributed by atoms with Crippen LogP contribution in [0, 0.1) is 0 Å². The number of morpholine rings is 2. The molecule has 1 amide bonds. The Kier molecular flexibility index (Phi) is 5.68. The van der Waals surface area contributed by atoms with Crippen molar-refractivity contribution >= 4 is 5.91 Å². The van der Waals surface area contributed by atoms with Crippen LogP contribution in [0.5, 0.6) is 0 Å². The SMILES string of the molecule is CN1CCO[C@H](CNCC(=O)N2CCO[C@@H]3CCCC[C@H]32)C1. The summed E-state index contributed by atoms with van der Waals surface area (Å²) >= 11 is 0. The molecule has 2 aliphatic heterocycles. The summed E-state index contributed by atoms with van der Waals surface area (Å²) in [6, 6.07) is 0.300. The van der Waals surface area contributed by atoms with Gasteiger partial charge >= 0.3 is 0 Å². The predicted molar refractivity (Wildman–Crippen MR) is 83.8 cm³/mol. The maximum absolute atomic E-state index is 12.5. The number of carbonyl (C=O) groups excluding carboxylic acids is 1. The number of fused-ring (bicyclic) bond motifs is 1. The van der Waals surface area contributed by atoms with E-state index in [1.807, 2.05) is 4.90 Å². The number of carbonyl (C=O) groups is 1. The van der Waals surface area contributed by atoms with Crippen molar-refractivity contribution in [1.29, 1.82) is 0 Å². The molecule has 0 radical (unpaired) electrons. The largest absolute Gasteiger partial charge is 0.374 e. The molecule has 3 rings (SSSR count). The van der Waals surface area contributed by atoms with Crippen LogP contribution in [0.1, 0.15) is 25.7 Å². The Hall–Kier alpha value is -0.690. The van der Waals surface area contributed by atoms with E-state index in [0.717, 1.165) is 45.6 Å². The zero-order valence-corrected chi connectivity index (χ0v) is 13.6. The number of hydrogen-bond acceptors (Lipinski definition) is 5. The van der Waals surface area contributed by atoms with E-state index in [1.54, 1.807) is 0 Å². The third kappa shape index (κ3) is 3.98. The molecule has 0 spiro atoms. The Bertz CT molecular complexity index is 378. The van der Waals surface area contributed by atoms with Crippen molar-refractivity contribution in [2.45, 2.75) is 43.9 Å². The third-order valence-corrected chi connectivity index (χ3v) is 5.04. The van der Waals surface area contributed by atoms with Gasteiger partial charge in [0.25, 0.3) is 0 Å². The Balaban J connectivity index is 1.43. The second-order valence-corrected chi connectivity index (χ2v) is 6.73. The lowest BCUT2D eigenvalue weighted by atomic mass is 9.90. The van der Waals surface area contributed by atoms with Crippen molar-refractivity contribution in [3.63, 3.8) is 0 Å². The summed E-state index contributed by atoms with van der Waals surface area (Å²) in [6.07, 6.45) is 5.09. The number of hydrogen-bond donors (Lipinski definition) is 1. The molecule has 0 aromatic carbocycles. The Morgan fingerprint density at radius 3 is 2.86 bits per heavy atom. The molecule has 0 unspecified atom stereocenters. The summed E-state index contributed by atoms with van der Waals surface area (Å²) in [4.78, 5) is 16.8. The zero-order chi connectivity index (χ0) is 15.4. The van der Waals surface area contributed by atoms with E-state index in [9.17, 15) is 4.79 Å². The van der Waals surface area contributed by atoms with Crippen molar-refractivity contribution in [3.05, 3.63) is 0 Å². The summed E-state index contributed by atoms with van der Waals surface area (Å²) in [5.74, 6) is 0.212. The zero-order valence-electron chi connectivity index (χ0n) is 13.6. The molecule has 0 aromatic heterocycles. The first kappa shape index (κ1) is 16.2. The number of nitrogens with zero attached hydrogens (tertiary/aromatic N) is 2. The standard InChI is InChI=1S/C16H29N3O3/c1-18-6-8-21-13(12-18)10-17-11-16(20)19-7-9-22-15-5-3-2-4-14(15)19/h13-15,17H,2-12H2,1H3/t13-,14-,15-/m1/s1. The lowest BCUT2D eigenvalue weighted by Crippen LogP contribution is -2.57. The summed E-state index contributed by atoms with van der Waals surface area (Å²) in [6.45, 7) is 5.29. The van der Waals surface area contributed by atoms with Crippen molar-refractivity contribution in [2.24, 2.45) is 0 Å². The first-order valence-electron chi connectivity index (χ1n) is 8.66. The van der Waals surface area contributed by atoms with Gasteiger partial charge in [-0.25, -0.2) is 0 Å². The van der Waals surface area contributed by atoms with Gasteiger partial charge < -0.3 is 24.6 Å². The molecule has 0 bridgehead atoms. The molecule has 22 heavy (non-hydrogen) atoms. The minimum absolute atomic E-state index is 0.193. The number of likely N-dealkylation sites (N-methyl/N-ethyl adjacent to an activating group) is 1. The lowest BCUT2D eigenvalue weighted by Gasteiger charge is -2.43. The van der Waals surface area contributed by atoms with Gasteiger partial charge in [0.05, 0.1) is 38.0 Å². The highest BCUT2D eigenvalue weighted by Gasteiger charge is 2.36. The van der Waals surface area contributed by atoms with Gasteiger partial charge in [-0.2, -0.15) is 0 Å². The van der Waals surface area contributed by atoms with E-state index < -0.39 is 0 Å². The van der Waals surface area contributed by atoms with Crippen LogP contribution in [0.4, 0.5) is 0 Å². The highest BCUT2D eigenvalue weighted by atomic mass is 16.5. The van der Waals surface area contributed by atoms with Crippen LogP contribution in [0.15, 0.2) is 0 Å². The molecular formula is C16H29N3O3. The first-order chi connectivity index (χ1) is 10.7. The quantitative estimate of drug-likeness (QED) is 0.797. The Labute approximate surface area is 133 Å². The van der Waals surface area contributed by atoms with Crippen LogP contribution in [0.2, 0.25) is 0 Å². The smallest absolute Gasteiger partial charge is 0.236 e. The molecule has 0 aromatic rings. The van der Waals surface area contributed by atoms with E-state index in [1.165, 1.54) is 12.8 Å². The molecule has 2 saturated heterocycles. The molecule has 2 heterocycles. The van der Waals surface area contributed by atoms with Crippen LogP contribution in [-0.4, -0.2) is 86.9 Å². The van der Waals surface area contributed by atoms with Crippen molar-refractivity contribution in [3.8, 4) is 0 Å². The molecule has 1 saturated carbocycles. The van der Waals surface area contributed by atoms with Crippen LogP contribution >= 0.6 is 0 Å². The normalized spacial score (nSPS) is 33.5. The Morgan fingerprint density at radius 1 is 1.18 bits per heavy atom. The molecule has 3 aliphatic rings. The van der Waals surface area contributed by atoms with E-state index >= 15 is 0 Å². The number of ether oxygens (including phenoxy) is 2. The number of rotatable bonds is 4. The molecule has 3 fully saturated rings. The van der Waals surface area contributed by atoms with Gasteiger partial charge in [0, 0.05) is 26.2 Å². The average Bonchev–Trinajstić information content (AvgIpc) is 2.54. The van der Waals surface area contributed by atoms with Gasteiger partial charge in [-0.3, -0.25) is 4.79 Å². The lowest BCUT2D eigenvalue weighted by molar-refractivity contribution is -0.148. The maximum Gasteiger partial charge on any atom is 0.236 e. The Morgan fingerprint density at radius 2 is 2.00 bits per heavy atom. The molecule has 6 nitrogen and oxygen atoms in total. The second kappa shape index (κ2) is 7.73. The summed E-state index contributed by atoms with van der Waals surface area (Å²) in [5, 5.41) is 3.28. The van der Waals surface area contributed by atoms with Crippen molar-refractivity contribution in [2.75, 3.05) is 53.0 Å². The predicted octanol–water partition coefficient (Wildman–Crippen LogP) is 0.0766. The van der Waals surface area contributed by atoms with Gasteiger partial charge in [-0.05, 0) is 19.9 Å². The van der Waals surface area contributed by atoms with Crippen molar-refractivity contribution < 1.29 is 14.3 Å². The van der Waals surface area contributed by atoms with E-state index in [2.05, 4.69) is 17.3 Å². The number of amides is 1. The fraction of sp³-hybridized carbons (Fsp3) is 0.938. The fourth-order valence-electron chi connectivity index (χ4n) is 3.84. The van der Waals surface area contributed by atoms with E-state index in [0.29, 0.717) is 19.2 Å². The molecule has 126 valence electrons. The van der Waals surface area contributed by atoms with Crippen LogP contribution in [0.3, 0.4) is 0 Å². The highest BCUT2D eigenvalue weighted by molar-refractivity contribution is 5.78. The minimum Gasteiger partial charge on any atom is -0.374 e. The summed E-state index contributed by atoms with van der Waals surface area (Å²) in [7, 11) is 2.11. The number of nitrogens with one attached hydrogen (secondary N) is 1. The van der Waals surface area contributed by atoms with Crippen LogP contribution in [-0.2, 0) is 14.3 Å². The summed E-state index contributed by atoms with van der Waals surface area (Å²) < 4.78 is 11.5. The monoisotopic (exact) mass is 311 g/mol. The van der Waals surface area contributed by atoms with Gasteiger partial charge in [0.1, 0.15) is 0 Å². The van der Waals surface area contributed by atoms with Gasteiger partial charge in [0.15, 0.2) is 0 Å². The van der Waals surface area contributed by atoms with Gasteiger partial charge in [0.2, 0.25) is 5.91 Å². The van der Waals surface area contributed by atoms with Gasteiger partial charge in [-0.1, -0.05) is 12.8 Å². The molecule has 1 aliphatic carbocycles. The van der Waals surface area contributed by atoms with Crippen LogP contribution < -0.4 is 5.32 Å². The first-order valence-corrected chi connectivity index (χ1v) is 8.66. The summed E-state index contributed by atoms with van der Waals surface area (Å²) in [5.41, 5.74) is 0.